The lowest BCUT2D eigenvalue weighted by Gasteiger charge is -2.12. The van der Waals surface area contributed by atoms with Crippen LogP contribution in [0.15, 0.2) is 0 Å². The van der Waals surface area contributed by atoms with Gasteiger partial charge in [0, 0.05) is 19.6 Å². The summed E-state index contributed by atoms with van der Waals surface area (Å²) in [6, 6.07) is -1.60. The Labute approximate surface area is 106 Å². The summed E-state index contributed by atoms with van der Waals surface area (Å²) in [4.78, 5) is 22.1. The molecule has 6 nitrogen and oxygen atoms in total. The summed E-state index contributed by atoms with van der Waals surface area (Å²) < 4.78 is 5.32. The van der Waals surface area contributed by atoms with Crippen LogP contribution in [0.3, 0.4) is 0 Å². The average Bonchev–Trinajstić information content (AvgIpc) is 3.12. The second kappa shape index (κ2) is 7.56. The zero-order chi connectivity index (χ0) is 13.4. The third-order valence-corrected chi connectivity index (χ3v) is 2.51. The number of terminal acetylenes is 1. The predicted octanol–water partition coefficient (Wildman–Crippen LogP) is 0.189. The van der Waals surface area contributed by atoms with Crippen LogP contribution in [-0.4, -0.2) is 42.9 Å². The minimum atomic E-state index is -1.15. The molecule has 0 radical (unpaired) electrons. The minimum Gasteiger partial charge on any atom is -0.480 e. The first-order valence-electron chi connectivity index (χ1n) is 5.92. The van der Waals surface area contributed by atoms with Crippen LogP contribution in [0.25, 0.3) is 0 Å². The zero-order valence-electron chi connectivity index (χ0n) is 10.1. The van der Waals surface area contributed by atoms with Crippen LogP contribution >= 0.6 is 0 Å². The molecular weight excluding hydrogens is 236 g/mol. The molecule has 1 saturated carbocycles. The Morgan fingerprint density at radius 1 is 1.50 bits per heavy atom. The highest BCUT2D eigenvalue weighted by molar-refractivity contribution is 5.82. The molecule has 1 atom stereocenters. The number of aliphatic carboxylic acids is 1. The van der Waals surface area contributed by atoms with E-state index < -0.39 is 18.0 Å². The fourth-order valence-corrected chi connectivity index (χ4v) is 1.30. The van der Waals surface area contributed by atoms with E-state index in [1.165, 1.54) is 12.8 Å². The molecule has 18 heavy (non-hydrogen) atoms. The van der Waals surface area contributed by atoms with Gasteiger partial charge < -0.3 is 20.5 Å². The zero-order valence-corrected chi connectivity index (χ0v) is 10.1. The molecule has 100 valence electrons. The Hall–Kier alpha value is -1.74. The van der Waals surface area contributed by atoms with Crippen LogP contribution < -0.4 is 10.6 Å². The lowest BCUT2D eigenvalue weighted by molar-refractivity contribution is -0.139. The van der Waals surface area contributed by atoms with E-state index in [-0.39, 0.29) is 6.42 Å². The van der Waals surface area contributed by atoms with Gasteiger partial charge in [0.05, 0.1) is 6.61 Å². The molecule has 1 rings (SSSR count). The summed E-state index contributed by atoms with van der Waals surface area (Å²) in [7, 11) is 0. The van der Waals surface area contributed by atoms with Crippen molar-refractivity contribution in [1.29, 1.82) is 0 Å². The lowest BCUT2D eigenvalue weighted by Crippen LogP contribution is -2.46. The maximum atomic E-state index is 11.3. The topological polar surface area (TPSA) is 87.7 Å². The molecule has 1 fully saturated rings. The van der Waals surface area contributed by atoms with E-state index in [2.05, 4.69) is 16.6 Å². The SMILES string of the molecule is C#CCC(NC(=O)NCCOCC1CC1)C(=O)O. The summed E-state index contributed by atoms with van der Waals surface area (Å²) in [5, 5.41) is 13.6. The fourth-order valence-electron chi connectivity index (χ4n) is 1.30. The Kier molecular flexibility index (Phi) is 6.01. The number of urea groups is 1. The van der Waals surface area contributed by atoms with E-state index in [0.29, 0.717) is 19.1 Å². The maximum absolute atomic E-state index is 11.3. The first-order chi connectivity index (χ1) is 8.63. The van der Waals surface area contributed by atoms with Gasteiger partial charge in [0.25, 0.3) is 0 Å². The van der Waals surface area contributed by atoms with Crippen molar-refractivity contribution in [2.45, 2.75) is 25.3 Å². The molecule has 0 bridgehead atoms. The number of hydrogen-bond donors (Lipinski definition) is 3. The number of nitrogens with one attached hydrogen (secondary N) is 2. The third-order valence-electron chi connectivity index (χ3n) is 2.51. The Morgan fingerprint density at radius 3 is 2.78 bits per heavy atom. The molecule has 0 aliphatic heterocycles. The smallest absolute Gasteiger partial charge is 0.327 e. The van der Waals surface area contributed by atoms with Gasteiger partial charge >= 0.3 is 12.0 Å². The minimum absolute atomic E-state index is 0.0407. The van der Waals surface area contributed by atoms with E-state index in [1.807, 2.05) is 0 Å². The third kappa shape index (κ3) is 6.11. The molecule has 0 spiro atoms. The first kappa shape index (κ1) is 14.3. The maximum Gasteiger partial charge on any atom is 0.327 e. The number of carboxylic acid groups (broad SMARTS) is 1. The van der Waals surface area contributed by atoms with Crippen molar-refractivity contribution in [2.24, 2.45) is 5.92 Å². The van der Waals surface area contributed by atoms with Crippen molar-refractivity contribution in [1.82, 2.24) is 10.6 Å². The van der Waals surface area contributed by atoms with Gasteiger partial charge in [0.2, 0.25) is 0 Å². The van der Waals surface area contributed by atoms with Gasteiger partial charge in [-0.25, -0.2) is 9.59 Å². The molecule has 0 aromatic heterocycles. The van der Waals surface area contributed by atoms with Gasteiger partial charge in [-0.1, -0.05) is 0 Å². The largest absolute Gasteiger partial charge is 0.480 e. The van der Waals surface area contributed by atoms with Crippen molar-refractivity contribution in [3.63, 3.8) is 0 Å². The van der Waals surface area contributed by atoms with Crippen LogP contribution in [0, 0.1) is 18.3 Å². The molecule has 0 aromatic carbocycles. The van der Waals surface area contributed by atoms with Crippen molar-refractivity contribution in [3.05, 3.63) is 0 Å². The number of carboxylic acids is 1. The van der Waals surface area contributed by atoms with E-state index in [4.69, 9.17) is 16.3 Å². The van der Waals surface area contributed by atoms with Crippen LogP contribution in [0.5, 0.6) is 0 Å². The van der Waals surface area contributed by atoms with Gasteiger partial charge in [-0.15, -0.1) is 12.3 Å². The van der Waals surface area contributed by atoms with Gasteiger partial charge in [0.1, 0.15) is 6.04 Å². The Morgan fingerprint density at radius 2 is 2.22 bits per heavy atom. The van der Waals surface area contributed by atoms with Crippen molar-refractivity contribution in [3.8, 4) is 12.3 Å². The quantitative estimate of drug-likeness (QED) is 0.426. The highest BCUT2D eigenvalue weighted by Crippen LogP contribution is 2.28. The average molecular weight is 254 g/mol. The second-order valence-corrected chi connectivity index (χ2v) is 4.22. The fraction of sp³-hybridized carbons (Fsp3) is 0.667. The molecule has 1 aliphatic rings. The second-order valence-electron chi connectivity index (χ2n) is 4.22. The van der Waals surface area contributed by atoms with Crippen LogP contribution in [0.4, 0.5) is 4.79 Å². The monoisotopic (exact) mass is 254 g/mol. The van der Waals surface area contributed by atoms with Crippen LogP contribution in [0.1, 0.15) is 19.3 Å². The molecule has 1 unspecified atom stereocenters. The van der Waals surface area contributed by atoms with Gasteiger partial charge in [0.15, 0.2) is 0 Å². The number of hydrogen-bond acceptors (Lipinski definition) is 3. The number of ether oxygens (including phenoxy) is 1. The Balaban J connectivity index is 2.07. The summed E-state index contributed by atoms with van der Waals surface area (Å²) in [6.07, 6.45) is 7.42. The first-order valence-corrected chi connectivity index (χ1v) is 5.92. The number of rotatable bonds is 8. The predicted molar refractivity (Wildman–Crippen MR) is 65.0 cm³/mol. The van der Waals surface area contributed by atoms with E-state index in [9.17, 15) is 9.59 Å². The highest BCUT2D eigenvalue weighted by atomic mass is 16.5. The molecule has 6 heteroatoms. The summed E-state index contributed by atoms with van der Waals surface area (Å²) in [6.45, 7) is 1.51. The summed E-state index contributed by atoms with van der Waals surface area (Å²) >= 11 is 0. The molecule has 1 aliphatic carbocycles. The standard InChI is InChI=1S/C12H18N2O4/c1-2-3-10(11(15)16)14-12(17)13-6-7-18-8-9-4-5-9/h1,9-10H,3-8H2,(H,15,16)(H2,13,14,17). The molecular formula is C12H18N2O4. The molecule has 2 amide bonds. The van der Waals surface area contributed by atoms with Crippen LogP contribution in [0.2, 0.25) is 0 Å². The molecule has 0 heterocycles. The van der Waals surface area contributed by atoms with Gasteiger partial charge in [-0.2, -0.15) is 0 Å². The van der Waals surface area contributed by atoms with Crippen molar-refractivity contribution < 1.29 is 19.4 Å². The van der Waals surface area contributed by atoms with Gasteiger partial charge in [-0.05, 0) is 18.8 Å². The van der Waals surface area contributed by atoms with Crippen molar-refractivity contribution >= 4 is 12.0 Å². The number of carbonyl (C=O) groups is 2. The summed E-state index contributed by atoms with van der Waals surface area (Å²) in [5.74, 6) is 1.74. The molecule has 0 aromatic rings. The van der Waals surface area contributed by atoms with E-state index in [1.54, 1.807) is 0 Å². The molecule has 0 saturated heterocycles. The van der Waals surface area contributed by atoms with Crippen molar-refractivity contribution in [2.75, 3.05) is 19.8 Å². The Bertz CT molecular complexity index is 333. The molecule has 3 N–H and O–H groups in total. The van der Waals surface area contributed by atoms with E-state index in [0.717, 1.165) is 6.61 Å². The normalized spacial score (nSPS) is 15.5. The van der Waals surface area contributed by atoms with Crippen LogP contribution in [-0.2, 0) is 9.53 Å². The summed E-state index contributed by atoms with van der Waals surface area (Å²) in [5.41, 5.74) is 0. The number of amides is 2. The highest BCUT2D eigenvalue weighted by Gasteiger charge is 2.21. The van der Waals surface area contributed by atoms with Gasteiger partial charge in [-0.3, -0.25) is 0 Å². The number of carbonyl (C=O) groups excluding carboxylic acids is 1. The van der Waals surface area contributed by atoms with E-state index >= 15 is 0 Å². The lowest BCUT2D eigenvalue weighted by atomic mass is 10.2.